The van der Waals surface area contributed by atoms with E-state index in [0.29, 0.717) is 6.54 Å². The van der Waals surface area contributed by atoms with Crippen molar-refractivity contribution >= 4 is 23.3 Å². The summed E-state index contributed by atoms with van der Waals surface area (Å²) in [5.41, 5.74) is 2.36. The molecule has 1 heterocycles. The highest BCUT2D eigenvalue weighted by atomic mass is 35.5. The van der Waals surface area contributed by atoms with Crippen molar-refractivity contribution in [1.82, 2.24) is 10.2 Å². The molecule has 4 nitrogen and oxygen atoms in total. The van der Waals surface area contributed by atoms with E-state index in [-0.39, 0.29) is 6.03 Å². The third kappa shape index (κ3) is 3.45. The third-order valence-electron chi connectivity index (χ3n) is 3.48. The number of carbonyl (C=O) groups excluding carboxylic acids is 1. The van der Waals surface area contributed by atoms with Gasteiger partial charge in [0, 0.05) is 43.4 Å². The number of halogens is 1. The number of aryl methyl sites for hydroxylation is 1. The maximum atomic E-state index is 11.8. The number of nitrogens with zero attached hydrogens (tertiary/aromatic N) is 2. The molecule has 1 N–H and O–H groups in total. The van der Waals surface area contributed by atoms with Gasteiger partial charge in [0.25, 0.3) is 0 Å². The lowest BCUT2D eigenvalue weighted by atomic mass is 10.1. The Kier molecular flexibility index (Phi) is 4.90. The molecule has 1 aliphatic rings. The summed E-state index contributed by atoms with van der Waals surface area (Å²) in [6, 6.07) is 5.90. The summed E-state index contributed by atoms with van der Waals surface area (Å²) >= 11 is 6.06. The summed E-state index contributed by atoms with van der Waals surface area (Å²) in [6.45, 7) is 9.26. The normalized spacial score (nSPS) is 15.1. The number of carbonyl (C=O) groups is 1. The molecule has 0 unspecified atom stereocenters. The monoisotopic (exact) mass is 293 g/mol. The van der Waals surface area contributed by atoms with Gasteiger partial charge < -0.3 is 15.1 Å². The Morgan fingerprint density at radius 3 is 2.75 bits per heavy atom. The zero-order valence-electron chi connectivity index (χ0n) is 11.7. The van der Waals surface area contributed by atoms with E-state index in [9.17, 15) is 4.79 Å². The fraction of sp³-hybridized carbons (Fsp3) is 0.400. The first-order valence-electron chi connectivity index (χ1n) is 6.76. The summed E-state index contributed by atoms with van der Waals surface area (Å²) in [6.07, 6.45) is 1.68. The topological polar surface area (TPSA) is 35.6 Å². The highest BCUT2D eigenvalue weighted by molar-refractivity contribution is 6.30. The van der Waals surface area contributed by atoms with Gasteiger partial charge in [0.05, 0.1) is 0 Å². The van der Waals surface area contributed by atoms with Crippen LogP contribution in [0.4, 0.5) is 10.5 Å². The quantitative estimate of drug-likeness (QED) is 0.870. The number of urea groups is 1. The molecule has 2 rings (SSSR count). The molecule has 108 valence electrons. The molecule has 5 heteroatoms. The van der Waals surface area contributed by atoms with Gasteiger partial charge >= 0.3 is 6.03 Å². The average molecular weight is 294 g/mol. The van der Waals surface area contributed by atoms with Crippen molar-refractivity contribution in [2.45, 2.75) is 6.92 Å². The Bertz CT molecular complexity index is 496. The fourth-order valence-electron chi connectivity index (χ4n) is 2.34. The van der Waals surface area contributed by atoms with Crippen molar-refractivity contribution in [3.05, 3.63) is 41.4 Å². The van der Waals surface area contributed by atoms with E-state index in [4.69, 9.17) is 11.6 Å². The largest absolute Gasteiger partial charge is 0.368 e. The second-order valence-electron chi connectivity index (χ2n) is 4.88. The van der Waals surface area contributed by atoms with Crippen LogP contribution in [-0.2, 0) is 0 Å². The van der Waals surface area contributed by atoms with Gasteiger partial charge in [-0.25, -0.2) is 4.79 Å². The molecule has 20 heavy (non-hydrogen) atoms. The molecule has 1 aromatic rings. The van der Waals surface area contributed by atoms with E-state index in [2.05, 4.69) is 23.7 Å². The SMILES string of the molecule is C=CCNC(=O)N1CCN(c2cc(Cl)ccc2C)CC1. The van der Waals surface area contributed by atoms with Gasteiger partial charge in [-0.15, -0.1) is 6.58 Å². The van der Waals surface area contributed by atoms with E-state index in [1.165, 1.54) is 5.56 Å². The maximum absolute atomic E-state index is 11.8. The number of benzene rings is 1. The summed E-state index contributed by atoms with van der Waals surface area (Å²) in [4.78, 5) is 16.0. The Hall–Kier alpha value is -1.68. The van der Waals surface area contributed by atoms with Gasteiger partial charge in [-0.05, 0) is 24.6 Å². The summed E-state index contributed by atoms with van der Waals surface area (Å²) < 4.78 is 0. The predicted molar refractivity (Wildman–Crippen MR) is 83.6 cm³/mol. The average Bonchev–Trinajstić information content (AvgIpc) is 2.47. The van der Waals surface area contributed by atoms with Crippen molar-refractivity contribution < 1.29 is 4.79 Å². The molecule has 0 aromatic heterocycles. The first-order valence-corrected chi connectivity index (χ1v) is 7.14. The number of nitrogens with one attached hydrogen (secondary N) is 1. The van der Waals surface area contributed by atoms with Crippen LogP contribution in [0.2, 0.25) is 5.02 Å². The van der Waals surface area contributed by atoms with Crippen LogP contribution in [0.25, 0.3) is 0 Å². The minimum absolute atomic E-state index is 0.0210. The van der Waals surface area contributed by atoms with Gasteiger partial charge in [0.2, 0.25) is 0 Å². The fourth-order valence-corrected chi connectivity index (χ4v) is 2.51. The van der Waals surface area contributed by atoms with Gasteiger partial charge in [-0.3, -0.25) is 0 Å². The lowest BCUT2D eigenvalue weighted by Crippen LogP contribution is -2.52. The van der Waals surface area contributed by atoms with E-state index in [0.717, 1.165) is 36.9 Å². The smallest absolute Gasteiger partial charge is 0.317 e. The lowest BCUT2D eigenvalue weighted by molar-refractivity contribution is 0.195. The number of hydrogen-bond donors (Lipinski definition) is 1. The van der Waals surface area contributed by atoms with Crippen molar-refractivity contribution in [2.24, 2.45) is 0 Å². The third-order valence-corrected chi connectivity index (χ3v) is 3.71. The number of piperazine rings is 1. The molecule has 1 aliphatic heterocycles. The Morgan fingerprint density at radius 1 is 1.40 bits per heavy atom. The summed E-state index contributed by atoms with van der Waals surface area (Å²) in [5.74, 6) is 0. The second kappa shape index (κ2) is 6.66. The van der Waals surface area contributed by atoms with E-state index < -0.39 is 0 Å². The number of rotatable bonds is 3. The van der Waals surface area contributed by atoms with Crippen LogP contribution in [0.3, 0.4) is 0 Å². The Morgan fingerprint density at radius 2 is 2.10 bits per heavy atom. The van der Waals surface area contributed by atoms with Crippen molar-refractivity contribution in [2.75, 3.05) is 37.6 Å². The molecule has 0 bridgehead atoms. The molecule has 2 amide bonds. The molecule has 0 aliphatic carbocycles. The molecular weight excluding hydrogens is 274 g/mol. The predicted octanol–water partition coefficient (Wildman–Crippen LogP) is 2.67. The van der Waals surface area contributed by atoms with Gasteiger partial charge in [0.1, 0.15) is 0 Å². The Labute approximate surface area is 125 Å². The van der Waals surface area contributed by atoms with Gasteiger partial charge in [-0.1, -0.05) is 23.7 Å². The molecule has 0 radical (unpaired) electrons. The maximum Gasteiger partial charge on any atom is 0.317 e. The molecule has 1 saturated heterocycles. The summed E-state index contributed by atoms with van der Waals surface area (Å²) in [5, 5.41) is 3.55. The van der Waals surface area contributed by atoms with Crippen molar-refractivity contribution in [1.29, 1.82) is 0 Å². The molecule has 0 saturated carbocycles. The zero-order valence-corrected chi connectivity index (χ0v) is 12.5. The van der Waals surface area contributed by atoms with Crippen LogP contribution in [0, 0.1) is 6.92 Å². The van der Waals surface area contributed by atoms with E-state index in [1.54, 1.807) is 6.08 Å². The minimum atomic E-state index is -0.0210. The standard InChI is InChI=1S/C15H20ClN3O/c1-3-6-17-15(20)19-9-7-18(8-10-19)14-11-13(16)5-4-12(14)2/h3-5,11H,1,6-10H2,2H3,(H,17,20). The van der Waals surface area contributed by atoms with Crippen LogP contribution < -0.4 is 10.2 Å². The highest BCUT2D eigenvalue weighted by Crippen LogP contribution is 2.25. The van der Waals surface area contributed by atoms with Gasteiger partial charge in [-0.2, -0.15) is 0 Å². The number of hydrogen-bond acceptors (Lipinski definition) is 2. The first-order chi connectivity index (χ1) is 9.61. The van der Waals surface area contributed by atoms with Gasteiger partial charge in [0.15, 0.2) is 0 Å². The van der Waals surface area contributed by atoms with Crippen LogP contribution in [0.5, 0.6) is 0 Å². The zero-order chi connectivity index (χ0) is 14.5. The lowest BCUT2D eigenvalue weighted by Gasteiger charge is -2.36. The highest BCUT2D eigenvalue weighted by Gasteiger charge is 2.21. The van der Waals surface area contributed by atoms with E-state index in [1.807, 2.05) is 23.1 Å². The van der Waals surface area contributed by atoms with Crippen LogP contribution in [-0.4, -0.2) is 43.7 Å². The number of amides is 2. The summed E-state index contributed by atoms with van der Waals surface area (Å²) in [7, 11) is 0. The van der Waals surface area contributed by atoms with Crippen LogP contribution in [0.1, 0.15) is 5.56 Å². The van der Waals surface area contributed by atoms with Crippen LogP contribution in [0.15, 0.2) is 30.9 Å². The Balaban J connectivity index is 1.95. The molecule has 1 fully saturated rings. The van der Waals surface area contributed by atoms with Crippen molar-refractivity contribution in [3.8, 4) is 0 Å². The first kappa shape index (κ1) is 14.7. The number of anilines is 1. The molecule has 0 spiro atoms. The van der Waals surface area contributed by atoms with E-state index >= 15 is 0 Å². The van der Waals surface area contributed by atoms with Crippen molar-refractivity contribution in [3.63, 3.8) is 0 Å². The molecule has 0 atom stereocenters. The minimum Gasteiger partial charge on any atom is -0.368 e. The second-order valence-corrected chi connectivity index (χ2v) is 5.32. The van der Waals surface area contributed by atoms with Crippen LogP contribution >= 0.6 is 11.6 Å². The molecular formula is C15H20ClN3O. The molecule has 1 aromatic carbocycles.